The SMILES string of the molecule is CCC(C)(CCO)NC(=O)c1ccc2nnc(C)n2c1. The van der Waals surface area contributed by atoms with Crippen molar-refractivity contribution in [2.75, 3.05) is 6.61 Å². The molecule has 0 aliphatic carbocycles. The second-order valence-electron chi connectivity index (χ2n) is 5.24. The van der Waals surface area contributed by atoms with Gasteiger partial charge < -0.3 is 10.4 Å². The average Bonchev–Trinajstić information content (AvgIpc) is 2.80. The van der Waals surface area contributed by atoms with Gasteiger partial charge in [-0.25, -0.2) is 0 Å². The molecule has 0 spiro atoms. The summed E-state index contributed by atoms with van der Waals surface area (Å²) in [7, 11) is 0. The van der Waals surface area contributed by atoms with Crippen molar-refractivity contribution in [1.29, 1.82) is 0 Å². The van der Waals surface area contributed by atoms with Crippen molar-refractivity contribution >= 4 is 11.6 Å². The van der Waals surface area contributed by atoms with Gasteiger partial charge in [-0.15, -0.1) is 10.2 Å². The van der Waals surface area contributed by atoms with E-state index in [2.05, 4.69) is 15.5 Å². The smallest absolute Gasteiger partial charge is 0.253 e. The fraction of sp³-hybridized carbons (Fsp3) is 0.500. The number of aromatic nitrogens is 3. The van der Waals surface area contributed by atoms with E-state index in [1.165, 1.54) is 0 Å². The van der Waals surface area contributed by atoms with Gasteiger partial charge >= 0.3 is 0 Å². The molecule has 2 aromatic heterocycles. The number of amides is 1. The molecule has 0 aromatic carbocycles. The normalized spacial score (nSPS) is 14.2. The molecule has 0 bridgehead atoms. The van der Waals surface area contributed by atoms with Crippen LogP contribution in [0.15, 0.2) is 18.3 Å². The van der Waals surface area contributed by atoms with E-state index >= 15 is 0 Å². The lowest BCUT2D eigenvalue weighted by atomic mass is 9.94. The van der Waals surface area contributed by atoms with Crippen LogP contribution in [0.1, 0.15) is 42.9 Å². The summed E-state index contributed by atoms with van der Waals surface area (Å²) in [5.74, 6) is 0.584. The number of aliphatic hydroxyl groups is 1. The summed E-state index contributed by atoms with van der Waals surface area (Å²) in [5.41, 5.74) is 0.869. The lowest BCUT2D eigenvalue weighted by Gasteiger charge is -2.29. The maximum atomic E-state index is 12.3. The molecule has 2 rings (SSSR count). The number of rotatable bonds is 5. The Balaban J connectivity index is 2.24. The third-order valence-electron chi connectivity index (χ3n) is 3.69. The Bertz CT molecular complexity index is 623. The van der Waals surface area contributed by atoms with Crippen LogP contribution in [0, 0.1) is 6.92 Å². The first kappa shape index (κ1) is 14.5. The summed E-state index contributed by atoms with van der Waals surface area (Å²) in [6.07, 6.45) is 3.02. The van der Waals surface area contributed by atoms with Gasteiger partial charge in [0.1, 0.15) is 5.82 Å². The number of fused-ring (bicyclic) bond motifs is 1. The molecular formula is C14H20N4O2. The van der Waals surface area contributed by atoms with Crippen molar-refractivity contribution in [2.24, 2.45) is 0 Å². The highest BCUT2D eigenvalue weighted by Crippen LogP contribution is 2.15. The molecule has 0 aliphatic heterocycles. The van der Waals surface area contributed by atoms with Gasteiger partial charge in [0.05, 0.1) is 5.56 Å². The summed E-state index contributed by atoms with van der Waals surface area (Å²) >= 11 is 0. The van der Waals surface area contributed by atoms with Gasteiger partial charge in [0.15, 0.2) is 5.65 Å². The third-order valence-corrected chi connectivity index (χ3v) is 3.69. The highest BCUT2D eigenvalue weighted by molar-refractivity contribution is 5.94. The van der Waals surface area contributed by atoms with Crippen molar-refractivity contribution in [1.82, 2.24) is 19.9 Å². The molecule has 1 unspecified atom stereocenters. The first-order valence-corrected chi connectivity index (χ1v) is 6.74. The lowest BCUT2D eigenvalue weighted by molar-refractivity contribution is 0.0885. The van der Waals surface area contributed by atoms with Crippen LogP contribution in [0.4, 0.5) is 0 Å². The standard InChI is InChI=1S/C14H20N4O2/c1-4-14(3,7-8-19)15-13(20)11-5-6-12-17-16-10(2)18(12)9-11/h5-6,9,19H,4,7-8H2,1-3H3,(H,15,20). The zero-order valence-corrected chi connectivity index (χ0v) is 12.1. The average molecular weight is 276 g/mol. The molecule has 1 atom stereocenters. The Labute approximate surface area is 117 Å². The summed E-state index contributed by atoms with van der Waals surface area (Å²) in [5, 5.41) is 20.0. The predicted octanol–water partition coefficient (Wildman–Crippen LogP) is 1.32. The highest BCUT2D eigenvalue weighted by Gasteiger charge is 2.24. The molecule has 20 heavy (non-hydrogen) atoms. The first-order valence-electron chi connectivity index (χ1n) is 6.74. The maximum absolute atomic E-state index is 12.3. The molecule has 108 valence electrons. The fourth-order valence-corrected chi connectivity index (χ4v) is 2.06. The van der Waals surface area contributed by atoms with Crippen molar-refractivity contribution in [3.05, 3.63) is 29.7 Å². The van der Waals surface area contributed by atoms with Gasteiger partial charge in [-0.1, -0.05) is 6.92 Å². The quantitative estimate of drug-likeness (QED) is 0.863. The minimum atomic E-state index is -0.400. The Morgan fingerprint density at radius 3 is 2.85 bits per heavy atom. The number of aliphatic hydroxyl groups excluding tert-OH is 1. The minimum absolute atomic E-state index is 0.0498. The second-order valence-corrected chi connectivity index (χ2v) is 5.24. The molecule has 0 saturated carbocycles. The topological polar surface area (TPSA) is 79.5 Å². The van der Waals surface area contributed by atoms with Crippen molar-refractivity contribution in [3.63, 3.8) is 0 Å². The van der Waals surface area contributed by atoms with Gasteiger partial charge in [-0.3, -0.25) is 9.20 Å². The van der Waals surface area contributed by atoms with Crippen LogP contribution in [0.3, 0.4) is 0 Å². The predicted molar refractivity (Wildman–Crippen MR) is 75.6 cm³/mol. The largest absolute Gasteiger partial charge is 0.396 e. The number of hydrogen-bond donors (Lipinski definition) is 2. The number of nitrogens with zero attached hydrogens (tertiary/aromatic N) is 3. The van der Waals surface area contributed by atoms with Crippen molar-refractivity contribution < 1.29 is 9.90 Å². The molecular weight excluding hydrogens is 256 g/mol. The molecule has 0 aliphatic rings. The van der Waals surface area contributed by atoms with Gasteiger partial charge in [-0.2, -0.15) is 0 Å². The number of aryl methyl sites for hydroxylation is 1. The molecule has 2 aromatic rings. The highest BCUT2D eigenvalue weighted by atomic mass is 16.3. The number of nitrogens with one attached hydrogen (secondary N) is 1. The Morgan fingerprint density at radius 1 is 1.45 bits per heavy atom. The van der Waals surface area contributed by atoms with Gasteiger partial charge in [0, 0.05) is 18.3 Å². The lowest BCUT2D eigenvalue weighted by Crippen LogP contribution is -2.46. The summed E-state index contributed by atoms with van der Waals surface area (Å²) in [6.45, 7) is 5.81. The number of carbonyl (C=O) groups is 1. The Kier molecular flexibility index (Phi) is 4.04. The van der Waals surface area contributed by atoms with Crippen LogP contribution < -0.4 is 5.32 Å². The number of carbonyl (C=O) groups excluding carboxylic acids is 1. The monoisotopic (exact) mass is 276 g/mol. The van der Waals surface area contributed by atoms with E-state index in [1.807, 2.05) is 20.8 Å². The summed E-state index contributed by atoms with van der Waals surface area (Å²) < 4.78 is 1.78. The van der Waals surface area contributed by atoms with E-state index in [-0.39, 0.29) is 12.5 Å². The van der Waals surface area contributed by atoms with Crippen molar-refractivity contribution in [3.8, 4) is 0 Å². The van der Waals surface area contributed by atoms with Crippen LogP contribution in [-0.4, -0.2) is 37.8 Å². The van der Waals surface area contributed by atoms with Gasteiger partial charge in [-0.05, 0) is 38.8 Å². The van der Waals surface area contributed by atoms with E-state index < -0.39 is 5.54 Å². The van der Waals surface area contributed by atoms with E-state index in [1.54, 1.807) is 22.7 Å². The second kappa shape index (κ2) is 5.58. The number of hydrogen-bond acceptors (Lipinski definition) is 4. The number of pyridine rings is 1. The minimum Gasteiger partial charge on any atom is -0.396 e. The molecule has 2 heterocycles. The molecule has 2 N–H and O–H groups in total. The van der Waals surface area contributed by atoms with Crippen LogP contribution in [-0.2, 0) is 0 Å². The van der Waals surface area contributed by atoms with Gasteiger partial charge in [0.25, 0.3) is 5.91 Å². The van der Waals surface area contributed by atoms with Crippen LogP contribution in [0.2, 0.25) is 0 Å². The zero-order valence-electron chi connectivity index (χ0n) is 12.1. The molecule has 6 nitrogen and oxygen atoms in total. The third kappa shape index (κ3) is 2.80. The van der Waals surface area contributed by atoms with E-state index in [0.717, 1.165) is 12.2 Å². The molecule has 6 heteroatoms. The molecule has 0 fully saturated rings. The first-order chi connectivity index (χ1) is 9.49. The Morgan fingerprint density at radius 2 is 2.20 bits per heavy atom. The molecule has 0 radical (unpaired) electrons. The van der Waals surface area contributed by atoms with Crippen LogP contribution >= 0.6 is 0 Å². The van der Waals surface area contributed by atoms with Crippen LogP contribution in [0.25, 0.3) is 5.65 Å². The van der Waals surface area contributed by atoms with Gasteiger partial charge in [0.2, 0.25) is 0 Å². The zero-order chi connectivity index (χ0) is 14.8. The molecule has 0 saturated heterocycles. The maximum Gasteiger partial charge on any atom is 0.253 e. The van der Waals surface area contributed by atoms with Crippen LogP contribution in [0.5, 0.6) is 0 Å². The summed E-state index contributed by atoms with van der Waals surface area (Å²) in [6, 6.07) is 3.50. The fourth-order valence-electron chi connectivity index (χ4n) is 2.06. The van der Waals surface area contributed by atoms with E-state index in [0.29, 0.717) is 17.6 Å². The Hall–Kier alpha value is -1.95. The van der Waals surface area contributed by atoms with E-state index in [4.69, 9.17) is 5.11 Å². The summed E-state index contributed by atoms with van der Waals surface area (Å²) in [4.78, 5) is 12.3. The van der Waals surface area contributed by atoms with E-state index in [9.17, 15) is 4.79 Å². The molecule has 1 amide bonds. The van der Waals surface area contributed by atoms with Crippen molar-refractivity contribution in [2.45, 2.75) is 39.2 Å².